The number of allylic oxidation sites excluding steroid dienone is 2. The number of fused-ring (bicyclic) bond motifs is 7. The molecule has 0 aromatic rings. The highest BCUT2D eigenvalue weighted by molar-refractivity contribution is 6.03. The second kappa shape index (κ2) is 7.05. The maximum absolute atomic E-state index is 13.2. The van der Waals surface area contributed by atoms with Gasteiger partial charge in [-0.1, -0.05) is 48.5 Å². The summed E-state index contributed by atoms with van der Waals surface area (Å²) in [6.07, 6.45) is 9.99. The average Bonchev–Trinajstić information content (AvgIpc) is 3.04. The number of aliphatic hydroxyl groups is 1. The third kappa shape index (κ3) is 2.72. The fourth-order valence-electron chi connectivity index (χ4n) is 10.8. The van der Waals surface area contributed by atoms with Crippen molar-refractivity contribution < 1.29 is 14.7 Å². The standard InChI is InChI=1S/C30H46O3/c1-18(2)24-20(32)16-30(17-31)15-14-28(6)19(25(24)30)8-9-22-27(5)12-11-23(33)26(3,4)21(27)10-13-29(22,28)7/h17-19,21-23,33H,8-16H2,1-7H3/t19-,21+,22-,23+,27+,28-,29-,30+/m1/s1. The molecule has 0 aliphatic heterocycles. The first-order valence-corrected chi connectivity index (χ1v) is 13.7. The maximum Gasteiger partial charge on any atom is 0.160 e. The molecule has 8 atom stereocenters. The Morgan fingerprint density at radius 2 is 1.58 bits per heavy atom. The minimum absolute atomic E-state index is 0.0312. The van der Waals surface area contributed by atoms with Crippen molar-refractivity contribution in [2.45, 2.75) is 112 Å². The van der Waals surface area contributed by atoms with Gasteiger partial charge in [-0.2, -0.15) is 0 Å². The summed E-state index contributed by atoms with van der Waals surface area (Å²) < 4.78 is 0. The van der Waals surface area contributed by atoms with Gasteiger partial charge in [0.05, 0.1) is 11.5 Å². The van der Waals surface area contributed by atoms with Gasteiger partial charge in [0, 0.05) is 6.42 Å². The van der Waals surface area contributed by atoms with E-state index in [0.717, 1.165) is 44.0 Å². The van der Waals surface area contributed by atoms with E-state index >= 15 is 0 Å². The van der Waals surface area contributed by atoms with Gasteiger partial charge in [0.15, 0.2) is 5.78 Å². The molecule has 3 nitrogen and oxygen atoms in total. The highest BCUT2D eigenvalue weighted by Gasteiger charge is 2.69. The molecule has 5 aliphatic rings. The Labute approximate surface area is 201 Å². The lowest BCUT2D eigenvalue weighted by Crippen LogP contribution is -2.65. The first kappa shape index (κ1) is 23.8. The summed E-state index contributed by atoms with van der Waals surface area (Å²) in [4.78, 5) is 25.7. The molecule has 0 amide bonds. The van der Waals surface area contributed by atoms with Crippen molar-refractivity contribution in [2.75, 3.05) is 0 Å². The maximum atomic E-state index is 13.2. The molecule has 0 bridgehead atoms. The molecule has 0 heterocycles. The molecule has 5 rings (SSSR count). The zero-order valence-electron chi connectivity index (χ0n) is 22.1. The molecule has 1 N–H and O–H groups in total. The van der Waals surface area contributed by atoms with Gasteiger partial charge in [-0.15, -0.1) is 0 Å². The van der Waals surface area contributed by atoms with E-state index in [0.29, 0.717) is 24.2 Å². The predicted molar refractivity (Wildman–Crippen MR) is 131 cm³/mol. The number of ketones is 1. The van der Waals surface area contributed by atoms with E-state index in [1.165, 1.54) is 24.8 Å². The Hall–Kier alpha value is -0.960. The summed E-state index contributed by atoms with van der Waals surface area (Å²) in [5.41, 5.74) is 2.29. The van der Waals surface area contributed by atoms with Gasteiger partial charge in [0.1, 0.15) is 6.29 Å². The number of rotatable bonds is 2. The van der Waals surface area contributed by atoms with Crippen molar-refractivity contribution in [3.63, 3.8) is 0 Å². The van der Waals surface area contributed by atoms with Gasteiger partial charge in [-0.3, -0.25) is 4.79 Å². The molecule has 184 valence electrons. The normalized spacial score (nSPS) is 51.0. The van der Waals surface area contributed by atoms with E-state index in [9.17, 15) is 14.7 Å². The zero-order valence-corrected chi connectivity index (χ0v) is 22.1. The monoisotopic (exact) mass is 454 g/mol. The van der Waals surface area contributed by atoms with Gasteiger partial charge in [-0.05, 0) is 108 Å². The lowest BCUT2D eigenvalue weighted by Gasteiger charge is -2.72. The second-order valence-electron chi connectivity index (χ2n) is 14.3. The lowest BCUT2D eigenvalue weighted by molar-refractivity contribution is -0.227. The van der Waals surface area contributed by atoms with Gasteiger partial charge < -0.3 is 9.90 Å². The van der Waals surface area contributed by atoms with E-state index in [2.05, 4.69) is 48.5 Å². The van der Waals surface area contributed by atoms with E-state index in [1.807, 2.05) is 0 Å². The number of hydrogen-bond donors (Lipinski definition) is 1. The van der Waals surface area contributed by atoms with E-state index in [-0.39, 0.29) is 39.5 Å². The summed E-state index contributed by atoms with van der Waals surface area (Å²) in [5.74, 6) is 1.98. The van der Waals surface area contributed by atoms with E-state index < -0.39 is 5.41 Å². The molecular formula is C30H46O3. The SMILES string of the molecule is CC(C)C1=C2[C@H]3CC[C@@H]4[C@@]5(C)CC[C@H](O)C(C)(C)[C@@H]5CC[C@@]4(C)[C@]3(C)CC[C@@]2(C=O)CC1=O. The largest absolute Gasteiger partial charge is 0.393 e. The van der Waals surface area contributed by atoms with Crippen LogP contribution in [0.2, 0.25) is 0 Å². The van der Waals surface area contributed by atoms with Gasteiger partial charge in [0.25, 0.3) is 0 Å². The first-order valence-electron chi connectivity index (χ1n) is 13.7. The highest BCUT2D eigenvalue weighted by Crippen LogP contribution is 2.76. The molecule has 0 aromatic heterocycles. The number of hydrogen-bond acceptors (Lipinski definition) is 3. The Balaban J connectivity index is 1.61. The van der Waals surface area contributed by atoms with Gasteiger partial charge in [-0.25, -0.2) is 0 Å². The Kier molecular flexibility index (Phi) is 5.08. The topological polar surface area (TPSA) is 54.4 Å². The summed E-state index contributed by atoms with van der Waals surface area (Å²) in [6, 6.07) is 0. The summed E-state index contributed by atoms with van der Waals surface area (Å²) >= 11 is 0. The fourth-order valence-corrected chi connectivity index (χ4v) is 10.8. The Morgan fingerprint density at radius 1 is 0.879 bits per heavy atom. The molecule has 0 aromatic carbocycles. The molecule has 5 aliphatic carbocycles. The molecule has 0 saturated heterocycles. The van der Waals surface area contributed by atoms with Crippen LogP contribution < -0.4 is 0 Å². The zero-order chi connectivity index (χ0) is 24.2. The fraction of sp³-hybridized carbons (Fsp3) is 0.867. The summed E-state index contributed by atoms with van der Waals surface area (Å²) in [6.45, 7) is 16.5. The first-order chi connectivity index (χ1) is 15.3. The number of aliphatic hydroxyl groups excluding tert-OH is 1. The number of Topliss-reactive ketones (excluding diaryl/α,β-unsaturated/α-hetero) is 1. The van der Waals surface area contributed by atoms with Crippen molar-refractivity contribution >= 4 is 12.1 Å². The quantitative estimate of drug-likeness (QED) is 0.483. The molecule has 0 unspecified atom stereocenters. The molecule has 3 heteroatoms. The number of carbonyl (C=O) groups is 2. The van der Waals surface area contributed by atoms with Crippen LogP contribution in [0.4, 0.5) is 0 Å². The number of carbonyl (C=O) groups excluding carboxylic acids is 2. The smallest absolute Gasteiger partial charge is 0.160 e. The highest BCUT2D eigenvalue weighted by atomic mass is 16.3. The molecule has 4 fully saturated rings. The molecule has 33 heavy (non-hydrogen) atoms. The third-order valence-corrected chi connectivity index (χ3v) is 12.7. The lowest BCUT2D eigenvalue weighted by atomic mass is 9.33. The van der Waals surface area contributed by atoms with E-state index in [1.54, 1.807) is 0 Å². The third-order valence-electron chi connectivity index (χ3n) is 12.7. The van der Waals surface area contributed by atoms with Crippen molar-refractivity contribution in [3.8, 4) is 0 Å². The average molecular weight is 455 g/mol. The van der Waals surface area contributed by atoms with Crippen molar-refractivity contribution in [1.29, 1.82) is 0 Å². The minimum Gasteiger partial charge on any atom is -0.393 e. The van der Waals surface area contributed by atoms with Crippen molar-refractivity contribution in [2.24, 2.45) is 50.7 Å². The number of aldehydes is 1. The Bertz CT molecular complexity index is 914. The van der Waals surface area contributed by atoms with Crippen LogP contribution in [0.1, 0.15) is 106 Å². The van der Waals surface area contributed by atoms with Crippen LogP contribution in [0, 0.1) is 50.7 Å². The van der Waals surface area contributed by atoms with Crippen LogP contribution in [0.5, 0.6) is 0 Å². The minimum atomic E-state index is -0.526. The molecular weight excluding hydrogens is 408 g/mol. The molecule has 4 saturated carbocycles. The van der Waals surface area contributed by atoms with Crippen LogP contribution in [0.25, 0.3) is 0 Å². The Morgan fingerprint density at radius 3 is 2.21 bits per heavy atom. The van der Waals surface area contributed by atoms with Gasteiger partial charge >= 0.3 is 0 Å². The van der Waals surface area contributed by atoms with Crippen LogP contribution in [0.15, 0.2) is 11.1 Å². The van der Waals surface area contributed by atoms with Gasteiger partial charge in [0.2, 0.25) is 0 Å². The van der Waals surface area contributed by atoms with Crippen molar-refractivity contribution in [3.05, 3.63) is 11.1 Å². The predicted octanol–water partition coefficient (Wildman–Crippen LogP) is 6.53. The molecule has 0 spiro atoms. The van der Waals surface area contributed by atoms with Crippen LogP contribution >= 0.6 is 0 Å². The summed E-state index contributed by atoms with van der Waals surface area (Å²) in [5, 5.41) is 10.9. The van der Waals surface area contributed by atoms with Crippen molar-refractivity contribution in [1.82, 2.24) is 0 Å². The van der Waals surface area contributed by atoms with E-state index in [4.69, 9.17) is 0 Å². The van der Waals surface area contributed by atoms with Crippen LogP contribution in [-0.4, -0.2) is 23.3 Å². The van der Waals surface area contributed by atoms with Crippen LogP contribution in [-0.2, 0) is 9.59 Å². The molecule has 0 radical (unpaired) electrons. The van der Waals surface area contributed by atoms with Crippen LogP contribution in [0.3, 0.4) is 0 Å². The second-order valence-corrected chi connectivity index (χ2v) is 14.3. The summed E-state index contributed by atoms with van der Waals surface area (Å²) in [7, 11) is 0.